The Kier molecular flexibility index (Phi) is 4.71. The fourth-order valence-corrected chi connectivity index (χ4v) is 2.34. The molecule has 0 bridgehead atoms. The molecule has 2 aromatic carbocycles. The maximum atomic E-state index is 12.4. The van der Waals surface area contributed by atoms with Gasteiger partial charge in [0.25, 0.3) is 0 Å². The predicted octanol–water partition coefficient (Wildman–Crippen LogP) is 4.84. The van der Waals surface area contributed by atoms with Crippen LogP contribution in [0.4, 0.5) is 0 Å². The van der Waals surface area contributed by atoms with Gasteiger partial charge >= 0.3 is 0 Å². The van der Waals surface area contributed by atoms with Gasteiger partial charge in [-0.1, -0.05) is 23.2 Å². The second-order valence-corrected chi connectivity index (χ2v) is 5.81. The van der Waals surface area contributed by atoms with E-state index in [0.29, 0.717) is 26.9 Å². The van der Waals surface area contributed by atoms with Crippen molar-refractivity contribution in [2.45, 2.75) is 0 Å². The Morgan fingerprint density at radius 1 is 1.16 bits per heavy atom. The van der Waals surface area contributed by atoms with Gasteiger partial charge in [-0.15, -0.1) is 0 Å². The molecule has 0 aliphatic carbocycles. The lowest BCUT2D eigenvalue weighted by Crippen LogP contribution is -2.04. The molecule has 0 amide bonds. The van der Waals surface area contributed by atoms with Crippen LogP contribution in [0.1, 0.15) is 15.9 Å². The molecule has 0 saturated heterocycles. The minimum Gasteiger partial charge on any atom is -0.496 e. The fraction of sp³-hybridized carbons (Fsp3) is 0.0714. The summed E-state index contributed by atoms with van der Waals surface area (Å²) in [6.07, 6.45) is 0. The van der Waals surface area contributed by atoms with Crippen LogP contribution in [0.5, 0.6) is 5.75 Å². The first-order valence-electron chi connectivity index (χ1n) is 5.36. The molecule has 2 aromatic rings. The van der Waals surface area contributed by atoms with Crippen molar-refractivity contribution in [1.29, 1.82) is 0 Å². The molecule has 0 radical (unpaired) electrons. The number of methoxy groups -OCH3 is 1. The molecular weight excluding hydrogens is 398 g/mol. The lowest BCUT2D eigenvalue weighted by Gasteiger charge is -2.08. The largest absolute Gasteiger partial charge is 0.496 e. The summed E-state index contributed by atoms with van der Waals surface area (Å²) in [5.74, 6) is 0.321. The number of rotatable bonds is 3. The predicted molar refractivity (Wildman–Crippen MR) is 85.6 cm³/mol. The van der Waals surface area contributed by atoms with Gasteiger partial charge in [-0.25, -0.2) is 0 Å². The van der Waals surface area contributed by atoms with Crippen molar-refractivity contribution < 1.29 is 9.53 Å². The molecule has 0 atom stereocenters. The van der Waals surface area contributed by atoms with Gasteiger partial charge in [0, 0.05) is 14.2 Å². The van der Waals surface area contributed by atoms with Crippen LogP contribution in [-0.4, -0.2) is 12.9 Å². The van der Waals surface area contributed by atoms with E-state index < -0.39 is 0 Å². The van der Waals surface area contributed by atoms with Crippen LogP contribution < -0.4 is 4.74 Å². The number of hydrogen-bond acceptors (Lipinski definition) is 2. The quantitative estimate of drug-likeness (QED) is 0.538. The molecule has 0 saturated carbocycles. The number of ketones is 1. The van der Waals surface area contributed by atoms with Crippen LogP contribution in [-0.2, 0) is 0 Å². The molecule has 2 nitrogen and oxygen atoms in total. The first-order valence-corrected chi connectivity index (χ1v) is 7.19. The third kappa shape index (κ3) is 3.22. The van der Waals surface area contributed by atoms with E-state index >= 15 is 0 Å². The molecule has 0 aromatic heterocycles. The van der Waals surface area contributed by atoms with Gasteiger partial charge in [0.2, 0.25) is 0 Å². The highest BCUT2D eigenvalue weighted by atomic mass is 127. The zero-order chi connectivity index (χ0) is 14.0. The first-order chi connectivity index (χ1) is 9.02. The topological polar surface area (TPSA) is 26.3 Å². The van der Waals surface area contributed by atoms with Crippen LogP contribution in [0.2, 0.25) is 10.0 Å². The van der Waals surface area contributed by atoms with E-state index in [9.17, 15) is 4.79 Å². The second-order valence-electron chi connectivity index (χ2n) is 3.80. The molecule has 0 unspecified atom stereocenters. The first kappa shape index (κ1) is 14.6. The summed E-state index contributed by atoms with van der Waals surface area (Å²) in [6.45, 7) is 0. The van der Waals surface area contributed by atoms with Gasteiger partial charge in [-0.3, -0.25) is 4.79 Å². The van der Waals surface area contributed by atoms with Crippen LogP contribution in [0.3, 0.4) is 0 Å². The molecule has 2 rings (SSSR count). The van der Waals surface area contributed by atoms with Gasteiger partial charge in [-0.2, -0.15) is 0 Å². The molecule has 98 valence electrons. The number of carbonyl (C=O) groups is 1. The van der Waals surface area contributed by atoms with Crippen LogP contribution in [0.25, 0.3) is 0 Å². The SMILES string of the molecule is COc1ccc(Cl)cc1C(=O)c1ccc(I)c(Cl)c1. The molecule has 0 fully saturated rings. The van der Waals surface area contributed by atoms with E-state index in [0.717, 1.165) is 3.57 Å². The summed E-state index contributed by atoms with van der Waals surface area (Å²) in [5, 5.41) is 1.04. The van der Waals surface area contributed by atoms with Gasteiger partial charge in [-0.05, 0) is 59.0 Å². The summed E-state index contributed by atoms with van der Waals surface area (Å²) in [7, 11) is 1.51. The highest BCUT2D eigenvalue weighted by Gasteiger charge is 2.16. The van der Waals surface area contributed by atoms with Crippen LogP contribution in [0.15, 0.2) is 36.4 Å². The third-order valence-electron chi connectivity index (χ3n) is 2.59. The average Bonchev–Trinajstić information content (AvgIpc) is 2.41. The second kappa shape index (κ2) is 6.11. The number of halogens is 3. The monoisotopic (exact) mass is 406 g/mol. The van der Waals surface area contributed by atoms with Crippen molar-refractivity contribution in [1.82, 2.24) is 0 Å². The van der Waals surface area contributed by atoms with Crippen molar-refractivity contribution in [3.63, 3.8) is 0 Å². The maximum absolute atomic E-state index is 12.4. The van der Waals surface area contributed by atoms with Crippen molar-refractivity contribution in [3.8, 4) is 5.75 Å². The van der Waals surface area contributed by atoms with Crippen molar-refractivity contribution in [3.05, 3.63) is 61.1 Å². The Morgan fingerprint density at radius 2 is 1.89 bits per heavy atom. The fourth-order valence-electron chi connectivity index (χ4n) is 1.65. The minimum atomic E-state index is -0.169. The summed E-state index contributed by atoms with van der Waals surface area (Å²) in [5.41, 5.74) is 0.929. The van der Waals surface area contributed by atoms with Gasteiger partial charge in [0.15, 0.2) is 5.78 Å². The summed E-state index contributed by atoms with van der Waals surface area (Å²) in [6, 6.07) is 10.1. The highest BCUT2D eigenvalue weighted by Crippen LogP contribution is 2.27. The Hall–Kier alpha value is -0.780. The lowest BCUT2D eigenvalue weighted by molar-refractivity contribution is 0.103. The summed E-state index contributed by atoms with van der Waals surface area (Å²) < 4.78 is 6.08. The van der Waals surface area contributed by atoms with E-state index in [1.54, 1.807) is 36.4 Å². The van der Waals surface area contributed by atoms with Gasteiger partial charge < -0.3 is 4.74 Å². The molecule has 0 aliphatic heterocycles. The van der Waals surface area contributed by atoms with E-state index in [4.69, 9.17) is 27.9 Å². The third-order valence-corrected chi connectivity index (χ3v) is 4.40. The molecule has 0 heterocycles. The van der Waals surface area contributed by atoms with E-state index in [-0.39, 0.29) is 5.78 Å². The molecular formula is C14H9Cl2IO2. The molecule has 5 heteroatoms. The zero-order valence-electron chi connectivity index (χ0n) is 9.91. The normalized spacial score (nSPS) is 10.3. The summed E-state index contributed by atoms with van der Waals surface area (Å²) >= 11 is 14.1. The smallest absolute Gasteiger partial charge is 0.196 e. The summed E-state index contributed by atoms with van der Waals surface area (Å²) in [4.78, 5) is 12.4. The minimum absolute atomic E-state index is 0.169. The number of ether oxygens (including phenoxy) is 1. The number of hydrogen-bond donors (Lipinski definition) is 0. The van der Waals surface area contributed by atoms with E-state index in [1.807, 2.05) is 0 Å². The average molecular weight is 407 g/mol. The zero-order valence-corrected chi connectivity index (χ0v) is 13.6. The molecule has 0 aliphatic rings. The van der Waals surface area contributed by atoms with Gasteiger partial charge in [0.1, 0.15) is 5.75 Å². The standard InChI is InChI=1S/C14H9Cl2IO2/c1-19-13-5-3-9(15)7-10(13)14(18)8-2-4-12(17)11(16)6-8/h2-7H,1H3. The maximum Gasteiger partial charge on any atom is 0.196 e. The number of benzene rings is 2. The van der Waals surface area contributed by atoms with Crippen LogP contribution >= 0.6 is 45.8 Å². The Morgan fingerprint density at radius 3 is 2.53 bits per heavy atom. The lowest BCUT2D eigenvalue weighted by atomic mass is 10.0. The Balaban J connectivity index is 2.49. The molecule has 0 spiro atoms. The van der Waals surface area contributed by atoms with E-state index in [1.165, 1.54) is 7.11 Å². The van der Waals surface area contributed by atoms with E-state index in [2.05, 4.69) is 22.6 Å². The van der Waals surface area contributed by atoms with Crippen molar-refractivity contribution in [2.24, 2.45) is 0 Å². The highest BCUT2D eigenvalue weighted by molar-refractivity contribution is 14.1. The van der Waals surface area contributed by atoms with Crippen LogP contribution in [0, 0.1) is 3.57 Å². The number of carbonyl (C=O) groups excluding carboxylic acids is 1. The Labute approximate surface area is 134 Å². The van der Waals surface area contributed by atoms with Crippen molar-refractivity contribution in [2.75, 3.05) is 7.11 Å². The Bertz CT molecular complexity index is 641. The molecule has 19 heavy (non-hydrogen) atoms. The molecule has 0 N–H and O–H groups in total. The van der Waals surface area contributed by atoms with Crippen molar-refractivity contribution >= 4 is 51.6 Å². The van der Waals surface area contributed by atoms with Gasteiger partial charge in [0.05, 0.1) is 17.7 Å².